The lowest BCUT2D eigenvalue weighted by Crippen LogP contribution is -2.46. The van der Waals surface area contributed by atoms with Crippen LogP contribution in [-0.2, 0) is 24.3 Å². The number of ether oxygens (including phenoxy) is 1. The summed E-state index contributed by atoms with van der Waals surface area (Å²) in [4.78, 5) is 23.3. The predicted molar refractivity (Wildman–Crippen MR) is 88.0 cm³/mol. The van der Waals surface area contributed by atoms with Crippen LogP contribution in [0.4, 0.5) is 0 Å². The van der Waals surface area contributed by atoms with E-state index in [1.165, 1.54) is 35.7 Å². The van der Waals surface area contributed by atoms with Crippen molar-refractivity contribution in [2.24, 2.45) is 5.92 Å². The molecule has 1 aliphatic rings. The molecule has 24 heavy (non-hydrogen) atoms. The number of carbonyl (C=O) groups is 2. The van der Waals surface area contributed by atoms with Crippen LogP contribution >= 0.6 is 11.6 Å². The van der Waals surface area contributed by atoms with Crippen LogP contribution in [0.15, 0.2) is 29.2 Å². The lowest BCUT2D eigenvalue weighted by Gasteiger charge is -2.31. The summed E-state index contributed by atoms with van der Waals surface area (Å²) in [5.41, 5.74) is 0. The Kier molecular flexibility index (Phi) is 6.20. The van der Waals surface area contributed by atoms with Gasteiger partial charge in [0.05, 0.1) is 17.9 Å². The Morgan fingerprint density at radius 3 is 2.62 bits per heavy atom. The first-order valence-corrected chi connectivity index (χ1v) is 9.26. The Hall–Kier alpha value is -1.64. The number of halogens is 1. The summed E-state index contributed by atoms with van der Waals surface area (Å²) in [5, 5.41) is 2.92. The first-order chi connectivity index (χ1) is 11.3. The van der Waals surface area contributed by atoms with Crippen molar-refractivity contribution >= 4 is 33.5 Å². The van der Waals surface area contributed by atoms with Crippen LogP contribution in [-0.4, -0.2) is 51.3 Å². The first kappa shape index (κ1) is 18.7. The van der Waals surface area contributed by atoms with Crippen LogP contribution in [0.1, 0.15) is 12.8 Å². The summed E-state index contributed by atoms with van der Waals surface area (Å²) < 4.78 is 31.1. The molecule has 7 nitrogen and oxygen atoms in total. The van der Waals surface area contributed by atoms with E-state index in [1.54, 1.807) is 0 Å². The highest BCUT2D eigenvalue weighted by Gasteiger charge is 2.33. The number of esters is 1. The number of methoxy groups -OCH3 is 1. The van der Waals surface area contributed by atoms with E-state index < -0.39 is 21.9 Å². The highest BCUT2D eigenvalue weighted by atomic mass is 35.5. The van der Waals surface area contributed by atoms with Crippen LogP contribution in [0.2, 0.25) is 5.02 Å². The zero-order chi connectivity index (χ0) is 17.7. The monoisotopic (exact) mass is 374 g/mol. The summed E-state index contributed by atoms with van der Waals surface area (Å²) in [6, 6.07) is 5.91. The standard InChI is InChI=1S/C15H19ClN2O5S/c1-23-14(19)9-17-15(20)11-3-2-8-18(10-11)24(21,22)13-6-4-12(16)5-7-13/h4-7,11H,2-3,8-10H2,1H3,(H,17,20)/t11-/m0/s1. The van der Waals surface area contributed by atoms with E-state index in [2.05, 4.69) is 10.1 Å². The third kappa shape index (κ3) is 4.46. The molecule has 0 saturated carbocycles. The van der Waals surface area contributed by atoms with Crippen molar-refractivity contribution in [1.29, 1.82) is 0 Å². The lowest BCUT2D eigenvalue weighted by atomic mass is 9.99. The van der Waals surface area contributed by atoms with Crippen LogP contribution in [0.3, 0.4) is 0 Å². The largest absolute Gasteiger partial charge is 0.468 e. The van der Waals surface area contributed by atoms with Crippen molar-refractivity contribution in [3.63, 3.8) is 0 Å². The van der Waals surface area contributed by atoms with E-state index >= 15 is 0 Å². The Labute approximate surface area is 146 Å². The number of rotatable bonds is 5. The fourth-order valence-electron chi connectivity index (χ4n) is 2.51. The summed E-state index contributed by atoms with van der Waals surface area (Å²) in [6.45, 7) is 0.208. The lowest BCUT2D eigenvalue weighted by molar-refractivity contribution is -0.141. The predicted octanol–water partition coefficient (Wildman–Crippen LogP) is 1.03. The molecule has 132 valence electrons. The average molecular weight is 375 g/mol. The molecule has 1 aromatic carbocycles. The van der Waals surface area contributed by atoms with Gasteiger partial charge in [-0.3, -0.25) is 9.59 Å². The molecule has 9 heteroatoms. The van der Waals surface area contributed by atoms with Crippen molar-refractivity contribution < 1.29 is 22.7 Å². The Balaban J connectivity index is 2.05. The Morgan fingerprint density at radius 1 is 1.33 bits per heavy atom. The quantitative estimate of drug-likeness (QED) is 0.777. The Morgan fingerprint density at radius 2 is 2.00 bits per heavy atom. The molecule has 1 fully saturated rings. The highest BCUT2D eigenvalue weighted by molar-refractivity contribution is 7.89. The van der Waals surface area contributed by atoms with Gasteiger partial charge in [-0.15, -0.1) is 0 Å². The van der Waals surface area contributed by atoms with E-state index in [-0.39, 0.29) is 23.9 Å². The van der Waals surface area contributed by atoms with Crippen LogP contribution in [0.5, 0.6) is 0 Å². The molecule has 1 aromatic rings. The number of carbonyl (C=O) groups excluding carboxylic acids is 2. The van der Waals surface area contributed by atoms with Crippen molar-refractivity contribution in [3.8, 4) is 0 Å². The molecule has 2 rings (SSSR count). The maximum atomic E-state index is 12.7. The number of hydrogen-bond donors (Lipinski definition) is 1. The van der Waals surface area contributed by atoms with Crippen LogP contribution in [0, 0.1) is 5.92 Å². The topological polar surface area (TPSA) is 92.8 Å². The molecule has 0 aromatic heterocycles. The number of benzene rings is 1. The molecule has 0 radical (unpaired) electrons. The summed E-state index contributed by atoms with van der Waals surface area (Å²) in [6.07, 6.45) is 1.14. The summed E-state index contributed by atoms with van der Waals surface area (Å²) in [7, 11) is -2.45. The second kappa shape index (κ2) is 7.96. The third-order valence-electron chi connectivity index (χ3n) is 3.84. The van der Waals surface area contributed by atoms with E-state index in [0.717, 1.165) is 0 Å². The normalized spacial score (nSPS) is 18.8. The molecular formula is C15H19ClN2O5S. The maximum absolute atomic E-state index is 12.7. The maximum Gasteiger partial charge on any atom is 0.325 e. The number of amides is 1. The second-order valence-electron chi connectivity index (χ2n) is 5.45. The van der Waals surface area contributed by atoms with Gasteiger partial charge in [0.2, 0.25) is 15.9 Å². The van der Waals surface area contributed by atoms with Gasteiger partial charge in [0.1, 0.15) is 6.54 Å². The van der Waals surface area contributed by atoms with Gasteiger partial charge in [0.15, 0.2) is 0 Å². The smallest absolute Gasteiger partial charge is 0.325 e. The van der Waals surface area contributed by atoms with Gasteiger partial charge >= 0.3 is 5.97 Å². The fourth-order valence-corrected chi connectivity index (χ4v) is 4.16. The minimum Gasteiger partial charge on any atom is -0.468 e. The summed E-state index contributed by atoms with van der Waals surface area (Å²) in [5.74, 6) is -1.40. The number of sulfonamides is 1. The molecule has 1 heterocycles. The number of piperidine rings is 1. The number of nitrogens with one attached hydrogen (secondary N) is 1. The third-order valence-corrected chi connectivity index (χ3v) is 5.97. The van der Waals surface area contributed by atoms with Crippen molar-refractivity contribution in [2.75, 3.05) is 26.7 Å². The van der Waals surface area contributed by atoms with Gasteiger partial charge in [0.25, 0.3) is 0 Å². The molecule has 0 bridgehead atoms. The molecular weight excluding hydrogens is 356 g/mol. The fraction of sp³-hybridized carbons (Fsp3) is 0.467. The molecule has 0 spiro atoms. The molecule has 1 atom stereocenters. The zero-order valence-corrected chi connectivity index (χ0v) is 14.8. The molecule has 1 N–H and O–H groups in total. The minimum absolute atomic E-state index is 0.0813. The first-order valence-electron chi connectivity index (χ1n) is 7.45. The van der Waals surface area contributed by atoms with Crippen molar-refractivity contribution in [1.82, 2.24) is 9.62 Å². The van der Waals surface area contributed by atoms with E-state index in [9.17, 15) is 18.0 Å². The summed E-state index contributed by atoms with van der Waals surface area (Å²) >= 11 is 5.79. The molecule has 1 saturated heterocycles. The van der Waals surface area contributed by atoms with Crippen molar-refractivity contribution in [3.05, 3.63) is 29.3 Å². The second-order valence-corrected chi connectivity index (χ2v) is 7.82. The molecule has 0 unspecified atom stereocenters. The molecule has 1 amide bonds. The van der Waals surface area contributed by atoms with E-state index in [0.29, 0.717) is 24.4 Å². The Bertz CT molecular complexity index is 705. The van der Waals surface area contributed by atoms with Crippen LogP contribution in [0.25, 0.3) is 0 Å². The minimum atomic E-state index is -3.68. The van der Waals surface area contributed by atoms with Crippen molar-refractivity contribution in [2.45, 2.75) is 17.7 Å². The van der Waals surface area contributed by atoms with Gasteiger partial charge in [-0.2, -0.15) is 4.31 Å². The zero-order valence-electron chi connectivity index (χ0n) is 13.2. The van der Waals surface area contributed by atoms with Gasteiger partial charge in [-0.1, -0.05) is 11.6 Å². The van der Waals surface area contributed by atoms with Gasteiger partial charge in [0, 0.05) is 18.1 Å². The SMILES string of the molecule is COC(=O)CNC(=O)[C@H]1CCCN(S(=O)(=O)c2ccc(Cl)cc2)C1. The van der Waals surface area contributed by atoms with Gasteiger partial charge in [-0.05, 0) is 37.1 Å². The van der Waals surface area contributed by atoms with Crippen LogP contribution < -0.4 is 5.32 Å². The average Bonchev–Trinajstić information content (AvgIpc) is 2.59. The molecule has 0 aliphatic carbocycles. The number of nitrogens with zero attached hydrogens (tertiary/aromatic N) is 1. The van der Waals surface area contributed by atoms with E-state index in [1.807, 2.05) is 0 Å². The highest BCUT2D eigenvalue weighted by Crippen LogP contribution is 2.24. The van der Waals surface area contributed by atoms with Gasteiger partial charge in [-0.25, -0.2) is 8.42 Å². The number of hydrogen-bond acceptors (Lipinski definition) is 5. The molecule has 1 aliphatic heterocycles. The van der Waals surface area contributed by atoms with E-state index in [4.69, 9.17) is 11.6 Å². The van der Waals surface area contributed by atoms with Gasteiger partial charge < -0.3 is 10.1 Å².